The van der Waals surface area contributed by atoms with E-state index in [0.717, 1.165) is 40.8 Å². The van der Waals surface area contributed by atoms with Crippen molar-refractivity contribution in [1.29, 1.82) is 0 Å². The van der Waals surface area contributed by atoms with E-state index < -0.39 is 15.8 Å². The molecule has 3 aromatic rings. The van der Waals surface area contributed by atoms with Crippen LogP contribution in [-0.2, 0) is 10.0 Å². The van der Waals surface area contributed by atoms with Gasteiger partial charge in [-0.2, -0.15) is 13.5 Å². The number of primary sulfonamides is 1. The predicted molar refractivity (Wildman–Crippen MR) is 94.2 cm³/mol. The summed E-state index contributed by atoms with van der Waals surface area (Å²) < 4.78 is 39.2. The summed E-state index contributed by atoms with van der Waals surface area (Å²) >= 11 is 1.04. The molecule has 4 rings (SSSR count). The topological polar surface area (TPSA) is 117 Å². The van der Waals surface area contributed by atoms with Gasteiger partial charge in [0.25, 0.3) is 0 Å². The number of quaternary nitrogens is 1. The van der Waals surface area contributed by atoms with Crippen LogP contribution in [0.25, 0.3) is 10.7 Å². The van der Waals surface area contributed by atoms with Crippen molar-refractivity contribution in [3.05, 3.63) is 35.9 Å². The molecule has 26 heavy (non-hydrogen) atoms. The number of thiophene rings is 1. The van der Waals surface area contributed by atoms with Crippen molar-refractivity contribution < 1.29 is 17.5 Å². The summed E-state index contributed by atoms with van der Waals surface area (Å²) in [6.45, 7) is 0. The van der Waals surface area contributed by atoms with Gasteiger partial charge in [-0.1, -0.05) is 0 Å². The molecule has 3 heterocycles. The number of aromatic amines is 1. The van der Waals surface area contributed by atoms with Gasteiger partial charge in [0, 0.05) is 17.7 Å². The van der Waals surface area contributed by atoms with Crippen LogP contribution in [0.15, 0.2) is 28.6 Å². The molecule has 11 heteroatoms. The molecule has 4 N–H and O–H groups in total. The van der Waals surface area contributed by atoms with Gasteiger partial charge in [-0.3, -0.25) is 5.10 Å². The Balaban J connectivity index is 1.61. The molecule has 0 aliphatic heterocycles. The van der Waals surface area contributed by atoms with Crippen molar-refractivity contribution in [1.82, 2.24) is 20.2 Å². The minimum atomic E-state index is -3.42. The van der Waals surface area contributed by atoms with Gasteiger partial charge in [0.2, 0.25) is 0 Å². The van der Waals surface area contributed by atoms with Gasteiger partial charge in [0.1, 0.15) is 0 Å². The fraction of sp³-hybridized carbons (Fsp3) is 0.267. The second-order valence-electron chi connectivity index (χ2n) is 5.90. The molecule has 0 saturated heterocycles. The van der Waals surface area contributed by atoms with Crippen LogP contribution >= 0.6 is 11.3 Å². The average Bonchev–Trinajstić information content (AvgIpc) is 3.16. The van der Waals surface area contributed by atoms with Gasteiger partial charge in [0.05, 0.1) is 18.1 Å². The van der Waals surface area contributed by atoms with E-state index >= 15 is 0 Å². The number of hydrogen-bond donors (Lipinski definition) is 3. The van der Waals surface area contributed by atoms with Crippen molar-refractivity contribution in [2.24, 2.45) is 0 Å². The Morgan fingerprint density at radius 3 is 2.92 bits per heavy atom. The van der Waals surface area contributed by atoms with Gasteiger partial charge in [-0.15, -0.1) is 11.3 Å². The van der Waals surface area contributed by atoms with E-state index in [1.807, 2.05) is 6.07 Å². The van der Waals surface area contributed by atoms with Gasteiger partial charge >= 0.3 is 10.0 Å². The third-order valence-electron chi connectivity index (χ3n) is 4.00. The number of nitrogens with one attached hydrogen (secondary N) is 2. The quantitative estimate of drug-likeness (QED) is 0.583. The van der Waals surface area contributed by atoms with Crippen molar-refractivity contribution in [3.63, 3.8) is 0 Å². The number of aromatic nitrogens is 4. The molecule has 8 nitrogen and oxygen atoms in total. The number of nitrogens with two attached hydrogens (primary N) is 1. The lowest BCUT2D eigenvalue weighted by Gasteiger charge is -2.04. The number of nitrogens with zero attached hydrogens (tertiary/aromatic N) is 3. The van der Waals surface area contributed by atoms with Crippen LogP contribution in [0.1, 0.15) is 24.5 Å². The molecule has 0 atom stereocenters. The second-order valence-corrected chi connectivity index (χ2v) is 9.24. The largest absolute Gasteiger partial charge is 0.333 e. The molecular weight excluding hydrogens is 379 g/mol. The van der Waals surface area contributed by atoms with Gasteiger partial charge < -0.3 is 5.32 Å². The first-order chi connectivity index (χ1) is 12.5. The molecule has 0 aromatic carbocycles. The van der Waals surface area contributed by atoms with Crippen LogP contribution in [-0.4, -0.2) is 35.6 Å². The average molecular weight is 395 g/mol. The predicted octanol–water partition coefficient (Wildman–Crippen LogP) is 1.57. The Labute approximate surface area is 153 Å². The maximum atomic E-state index is 14.1. The highest BCUT2D eigenvalue weighted by atomic mass is 32.2. The minimum absolute atomic E-state index is 0.0105. The highest BCUT2D eigenvalue weighted by molar-refractivity contribution is 7.87. The van der Waals surface area contributed by atoms with E-state index in [4.69, 9.17) is 0 Å². The first-order valence-electron chi connectivity index (χ1n) is 7.96. The van der Waals surface area contributed by atoms with Crippen LogP contribution < -0.4 is 10.0 Å². The Hall–Kier alpha value is -2.37. The van der Waals surface area contributed by atoms with E-state index in [1.54, 1.807) is 6.07 Å². The fourth-order valence-corrected chi connectivity index (χ4v) is 4.60. The van der Waals surface area contributed by atoms with Gasteiger partial charge in [0.15, 0.2) is 27.5 Å². The number of rotatable bonds is 6. The van der Waals surface area contributed by atoms with Crippen molar-refractivity contribution in [3.8, 4) is 10.7 Å². The fourth-order valence-electron chi connectivity index (χ4n) is 2.41. The summed E-state index contributed by atoms with van der Waals surface area (Å²) in [7, 11) is -1.95. The second kappa shape index (κ2) is 6.41. The lowest BCUT2D eigenvalue weighted by Crippen LogP contribution is -2.82. The number of anilines is 2. The van der Waals surface area contributed by atoms with E-state index in [0.29, 0.717) is 16.6 Å². The third-order valence-corrected chi connectivity index (χ3v) is 7.14. The standard InChI is InChI=1S/C15H15FN6O2S2/c1-17-26(23,24)13-5-4-11(25-13)15-18-7-9(16)14(20-15)19-12-6-10(21-22-12)8-2-3-8/h4-8,17H,2-3H2,1H3,(H2,18,19,20,21,22)/p+1. The van der Waals surface area contributed by atoms with Crippen molar-refractivity contribution in [2.45, 2.75) is 23.0 Å². The molecule has 136 valence electrons. The zero-order valence-corrected chi connectivity index (χ0v) is 15.4. The minimum Gasteiger partial charge on any atom is -0.321 e. The van der Waals surface area contributed by atoms with Crippen LogP contribution in [0.4, 0.5) is 16.0 Å². The summed E-state index contributed by atoms with van der Waals surface area (Å²) in [5.41, 5.74) is 1.02. The van der Waals surface area contributed by atoms with E-state index in [-0.39, 0.29) is 15.9 Å². The van der Waals surface area contributed by atoms with Crippen LogP contribution in [0.3, 0.4) is 0 Å². The Kier molecular flexibility index (Phi) is 4.21. The smallest absolute Gasteiger partial charge is 0.321 e. The molecule has 0 unspecified atom stereocenters. The molecule has 0 bridgehead atoms. The molecule has 1 aliphatic carbocycles. The highest BCUT2D eigenvalue weighted by Crippen LogP contribution is 2.39. The number of halogens is 1. The molecule has 1 fully saturated rings. The first kappa shape index (κ1) is 17.1. The maximum Gasteiger partial charge on any atom is 0.333 e. The van der Waals surface area contributed by atoms with Crippen molar-refractivity contribution in [2.75, 3.05) is 12.4 Å². The zero-order valence-electron chi connectivity index (χ0n) is 13.7. The summed E-state index contributed by atoms with van der Waals surface area (Å²) in [4.78, 5) is 8.69. The van der Waals surface area contributed by atoms with Gasteiger partial charge in [-0.25, -0.2) is 19.1 Å². The number of hydrogen-bond acceptors (Lipinski definition) is 7. The van der Waals surface area contributed by atoms with Crippen molar-refractivity contribution >= 4 is 33.0 Å². The molecule has 1 saturated carbocycles. The molecule has 1 aliphatic rings. The molecule has 0 amide bonds. The maximum absolute atomic E-state index is 14.1. The Bertz CT molecular complexity index is 1060. The van der Waals surface area contributed by atoms with Crippen LogP contribution in [0.5, 0.6) is 0 Å². The first-order valence-corrected chi connectivity index (χ1v) is 10.3. The number of H-pyrrole nitrogens is 1. The highest BCUT2D eigenvalue weighted by Gasteiger charge is 2.26. The summed E-state index contributed by atoms with van der Waals surface area (Å²) in [5.74, 6) is 0.602. The number of sulfonamides is 1. The lowest BCUT2D eigenvalue weighted by atomic mass is 10.3. The lowest BCUT2D eigenvalue weighted by molar-refractivity contribution is -0.461. The van der Waals surface area contributed by atoms with E-state index in [1.165, 1.54) is 13.1 Å². The van der Waals surface area contributed by atoms with Crippen LogP contribution in [0, 0.1) is 5.82 Å². The zero-order chi connectivity index (χ0) is 18.3. The molecule has 0 radical (unpaired) electrons. The molecular formula is C15H16FN6O2S2+. The van der Waals surface area contributed by atoms with Gasteiger partial charge in [-0.05, 0) is 25.0 Å². The van der Waals surface area contributed by atoms with E-state index in [9.17, 15) is 12.8 Å². The van der Waals surface area contributed by atoms with Crippen LogP contribution in [0.2, 0.25) is 0 Å². The Morgan fingerprint density at radius 1 is 1.38 bits per heavy atom. The normalized spacial score (nSPS) is 14.5. The molecule has 0 spiro atoms. The summed E-state index contributed by atoms with van der Waals surface area (Å²) in [6, 6.07) is 4.94. The Morgan fingerprint density at radius 2 is 2.19 bits per heavy atom. The monoisotopic (exact) mass is 395 g/mol. The third kappa shape index (κ3) is 3.32. The van der Waals surface area contributed by atoms with E-state index in [2.05, 4.69) is 25.5 Å². The molecule has 3 aromatic heterocycles. The SMILES string of the molecule is C[NH2+]S(=O)(=O)c1ccc(-c2ncc(F)c(Nc3cc(C4CC4)[nH]n3)n2)s1. The summed E-state index contributed by atoms with van der Waals surface area (Å²) in [5, 5.41) is 9.90. The summed E-state index contributed by atoms with van der Waals surface area (Å²) in [6.07, 6.45) is 3.32.